The van der Waals surface area contributed by atoms with Gasteiger partial charge < -0.3 is 19.5 Å². The third-order valence-corrected chi connectivity index (χ3v) is 5.53. The molecule has 0 spiro atoms. The molecule has 3 aromatic rings. The van der Waals surface area contributed by atoms with Crippen molar-refractivity contribution in [1.82, 2.24) is 15.0 Å². The summed E-state index contributed by atoms with van der Waals surface area (Å²) in [5, 5.41) is 7.14. The molecule has 1 aliphatic rings. The third kappa shape index (κ3) is 6.34. The molecule has 2 amide bonds. The lowest BCUT2D eigenvalue weighted by Crippen LogP contribution is -2.50. The van der Waals surface area contributed by atoms with E-state index in [1.54, 1.807) is 30.0 Å². The number of aryl methyl sites for hydroxylation is 1. The molecule has 0 radical (unpaired) electrons. The first kappa shape index (κ1) is 22.8. The van der Waals surface area contributed by atoms with Crippen LogP contribution in [-0.4, -0.2) is 59.5 Å². The van der Waals surface area contributed by atoms with Gasteiger partial charge in [0.05, 0.1) is 6.54 Å². The summed E-state index contributed by atoms with van der Waals surface area (Å²) in [7, 11) is 0. The van der Waals surface area contributed by atoms with Gasteiger partial charge in [0.25, 0.3) is 5.91 Å². The molecule has 33 heavy (non-hydrogen) atoms. The smallest absolute Gasteiger partial charge is 0.254 e. The first-order valence-corrected chi connectivity index (χ1v) is 11.1. The minimum absolute atomic E-state index is 0.0506. The fourth-order valence-electron chi connectivity index (χ4n) is 3.61. The number of aromatic nitrogens is 1. The molecule has 0 atom stereocenters. The van der Waals surface area contributed by atoms with Crippen molar-refractivity contribution in [3.8, 4) is 5.75 Å². The summed E-state index contributed by atoms with van der Waals surface area (Å²) < 4.78 is 10.8. The second-order valence-electron chi connectivity index (χ2n) is 7.89. The number of carbonyl (C=O) groups excluding carboxylic acids is 2. The van der Waals surface area contributed by atoms with Gasteiger partial charge in [0.1, 0.15) is 18.1 Å². The van der Waals surface area contributed by atoms with Crippen molar-refractivity contribution in [2.24, 2.45) is 0 Å². The van der Waals surface area contributed by atoms with Gasteiger partial charge in [-0.05, 0) is 42.8 Å². The molecular weight excluding hydrogens is 444 g/mol. The van der Waals surface area contributed by atoms with Crippen molar-refractivity contribution >= 4 is 29.2 Å². The minimum atomic E-state index is -0.160. The number of carbonyl (C=O) groups is 2. The van der Waals surface area contributed by atoms with Crippen LogP contribution in [-0.2, 0) is 11.4 Å². The first-order chi connectivity index (χ1) is 16.0. The summed E-state index contributed by atoms with van der Waals surface area (Å²) in [4.78, 5) is 29.0. The van der Waals surface area contributed by atoms with E-state index in [4.69, 9.17) is 20.9 Å². The molecule has 1 saturated heterocycles. The number of anilines is 1. The summed E-state index contributed by atoms with van der Waals surface area (Å²) in [6, 6.07) is 16.3. The van der Waals surface area contributed by atoms with Crippen LogP contribution in [0.1, 0.15) is 21.7 Å². The molecule has 1 aromatic heterocycles. The van der Waals surface area contributed by atoms with Gasteiger partial charge in [0, 0.05) is 42.8 Å². The van der Waals surface area contributed by atoms with Crippen molar-refractivity contribution in [2.45, 2.75) is 13.5 Å². The average Bonchev–Trinajstić information content (AvgIpc) is 3.22. The normalized spacial score (nSPS) is 14.2. The fraction of sp³-hybridized carbons (Fsp3) is 0.292. The average molecular weight is 469 g/mol. The van der Waals surface area contributed by atoms with Gasteiger partial charge in [0.15, 0.2) is 5.82 Å². The van der Waals surface area contributed by atoms with E-state index in [-0.39, 0.29) is 18.4 Å². The fourth-order valence-corrected chi connectivity index (χ4v) is 3.83. The lowest BCUT2D eigenvalue weighted by Gasteiger charge is -2.34. The highest BCUT2D eigenvalue weighted by Crippen LogP contribution is 2.19. The van der Waals surface area contributed by atoms with E-state index >= 15 is 0 Å². The predicted octanol–water partition coefficient (Wildman–Crippen LogP) is 3.61. The zero-order valence-corrected chi connectivity index (χ0v) is 19.0. The standard InChI is InChI=1S/C24H25ClN4O4/c1-17-12-22(27-33-17)26-23(30)15-28-8-10-29(11-9-28)24(31)19-5-3-7-21(14-19)32-16-18-4-2-6-20(25)13-18/h2-7,12-14H,8-11,15-16H2,1H3,(H,26,27,30). The Labute approximate surface area is 197 Å². The number of nitrogens with one attached hydrogen (secondary N) is 1. The molecule has 2 heterocycles. The highest BCUT2D eigenvalue weighted by molar-refractivity contribution is 6.30. The van der Waals surface area contributed by atoms with Gasteiger partial charge in [0.2, 0.25) is 5.91 Å². The molecular formula is C24H25ClN4O4. The quantitative estimate of drug-likeness (QED) is 0.570. The van der Waals surface area contributed by atoms with Gasteiger partial charge in [-0.25, -0.2) is 0 Å². The van der Waals surface area contributed by atoms with E-state index in [1.165, 1.54) is 0 Å². The van der Waals surface area contributed by atoms with E-state index in [0.29, 0.717) is 60.7 Å². The summed E-state index contributed by atoms with van der Waals surface area (Å²) >= 11 is 6.02. The molecule has 2 aromatic carbocycles. The molecule has 0 unspecified atom stereocenters. The van der Waals surface area contributed by atoms with Gasteiger partial charge >= 0.3 is 0 Å². The molecule has 0 bridgehead atoms. The predicted molar refractivity (Wildman–Crippen MR) is 124 cm³/mol. The topological polar surface area (TPSA) is 87.9 Å². The third-order valence-electron chi connectivity index (χ3n) is 5.30. The molecule has 1 aliphatic heterocycles. The molecule has 0 aliphatic carbocycles. The SMILES string of the molecule is Cc1cc(NC(=O)CN2CCN(C(=O)c3cccc(OCc4cccc(Cl)c4)c3)CC2)no1. The summed E-state index contributed by atoms with van der Waals surface area (Å²) in [6.07, 6.45) is 0. The van der Waals surface area contributed by atoms with E-state index in [0.717, 1.165) is 5.56 Å². The highest BCUT2D eigenvalue weighted by atomic mass is 35.5. The summed E-state index contributed by atoms with van der Waals surface area (Å²) in [5.41, 5.74) is 1.53. The van der Waals surface area contributed by atoms with E-state index < -0.39 is 0 Å². The minimum Gasteiger partial charge on any atom is -0.489 e. The molecule has 9 heteroatoms. The van der Waals surface area contributed by atoms with Gasteiger partial charge in [-0.1, -0.05) is 35.0 Å². The maximum Gasteiger partial charge on any atom is 0.254 e. The lowest BCUT2D eigenvalue weighted by molar-refractivity contribution is -0.117. The Morgan fingerprint density at radius 2 is 1.88 bits per heavy atom. The number of benzene rings is 2. The van der Waals surface area contributed by atoms with Gasteiger partial charge in [-0.3, -0.25) is 14.5 Å². The molecule has 1 N–H and O–H groups in total. The van der Waals surface area contributed by atoms with Crippen LogP contribution in [0.25, 0.3) is 0 Å². The number of nitrogens with zero attached hydrogens (tertiary/aromatic N) is 3. The zero-order chi connectivity index (χ0) is 23.2. The highest BCUT2D eigenvalue weighted by Gasteiger charge is 2.24. The number of hydrogen-bond acceptors (Lipinski definition) is 6. The van der Waals surface area contributed by atoms with Crippen molar-refractivity contribution in [1.29, 1.82) is 0 Å². The number of amides is 2. The molecule has 0 saturated carbocycles. The number of rotatable bonds is 7. The van der Waals surface area contributed by atoms with Crippen LogP contribution in [0.15, 0.2) is 59.1 Å². The van der Waals surface area contributed by atoms with Crippen LogP contribution in [0.2, 0.25) is 5.02 Å². The van der Waals surface area contributed by atoms with Crippen LogP contribution in [0.5, 0.6) is 5.75 Å². The maximum atomic E-state index is 13.0. The van der Waals surface area contributed by atoms with Crippen molar-refractivity contribution in [3.63, 3.8) is 0 Å². The zero-order valence-electron chi connectivity index (χ0n) is 18.3. The molecule has 4 rings (SSSR count). The van der Waals surface area contributed by atoms with E-state index in [1.807, 2.05) is 41.3 Å². The summed E-state index contributed by atoms with van der Waals surface area (Å²) in [5.74, 6) is 1.46. The van der Waals surface area contributed by atoms with Crippen LogP contribution in [0.4, 0.5) is 5.82 Å². The Kier molecular flexibility index (Phi) is 7.26. The Balaban J connectivity index is 1.26. The number of ether oxygens (including phenoxy) is 1. The van der Waals surface area contributed by atoms with Crippen LogP contribution in [0.3, 0.4) is 0 Å². The van der Waals surface area contributed by atoms with Crippen LogP contribution >= 0.6 is 11.6 Å². The first-order valence-electron chi connectivity index (χ1n) is 10.7. The van der Waals surface area contributed by atoms with Gasteiger partial charge in [-0.2, -0.15) is 0 Å². The second-order valence-corrected chi connectivity index (χ2v) is 8.32. The second kappa shape index (κ2) is 10.5. The Morgan fingerprint density at radius 3 is 2.61 bits per heavy atom. The Hall–Kier alpha value is -3.36. The summed E-state index contributed by atoms with van der Waals surface area (Å²) in [6.45, 7) is 4.68. The van der Waals surface area contributed by atoms with Crippen molar-refractivity contribution in [3.05, 3.63) is 76.5 Å². The Bertz CT molecular complexity index is 1120. The number of piperazine rings is 1. The maximum absolute atomic E-state index is 13.0. The number of hydrogen-bond donors (Lipinski definition) is 1. The molecule has 8 nitrogen and oxygen atoms in total. The van der Waals surface area contributed by atoms with Crippen molar-refractivity contribution < 1.29 is 18.8 Å². The lowest BCUT2D eigenvalue weighted by atomic mass is 10.1. The van der Waals surface area contributed by atoms with Crippen LogP contribution in [0, 0.1) is 6.92 Å². The van der Waals surface area contributed by atoms with Crippen LogP contribution < -0.4 is 10.1 Å². The molecule has 1 fully saturated rings. The van der Waals surface area contributed by atoms with E-state index in [2.05, 4.69) is 10.5 Å². The number of halogens is 1. The van der Waals surface area contributed by atoms with E-state index in [9.17, 15) is 9.59 Å². The largest absolute Gasteiger partial charge is 0.489 e. The Morgan fingerprint density at radius 1 is 1.09 bits per heavy atom. The van der Waals surface area contributed by atoms with Gasteiger partial charge in [-0.15, -0.1) is 0 Å². The van der Waals surface area contributed by atoms with Crippen molar-refractivity contribution in [2.75, 3.05) is 38.0 Å². The molecule has 172 valence electrons. The monoisotopic (exact) mass is 468 g/mol.